The molecule has 0 radical (unpaired) electrons. The van der Waals surface area contributed by atoms with E-state index in [9.17, 15) is 4.79 Å². The van der Waals surface area contributed by atoms with E-state index in [1.165, 1.54) is 24.0 Å². The number of primary amides is 1. The summed E-state index contributed by atoms with van der Waals surface area (Å²) in [5.41, 5.74) is 8.05. The fraction of sp³-hybridized carbons (Fsp3) is 0.636. The van der Waals surface area contributed by atoms with Crippen LogP contribution < -0.4 is 11.1 Å². The zero-order chi connectivity index (χ0) is 19.9. The minimum atomic E-state index is -0.166. The Balaban J connectivity index is 0.00000300. The molecule has 2 saturated heterocycles. The number of amides is 1. The van der Waals surface area contributed by atoms with Crippen LogP contribution >= 0.6 is 24.0 Å². The molecule has 2 aliphatic heterocycles. The number of guanidine groups is 1. The number of hydrogen-bond donors (Lipinski definition) is 2. The van der Waals surface area contributed by atoms with Crippen LogP contribution in [0.3, 0.4) is 0 Å². The van der Waals surface area contributed by atoms with E-state index in [0.717, 1.165) is 64.0 Å². The monoisotopic (exact) mass is 513 g/mol. The van der Waals surface area contributed by atoms with Gasteiger partial charge in [0.05, 0.1) is 5.92 Å². The lowest BCUT2D eigenvalue weighted by molar-refractivity contribution is -0.123. The van der Waals surface area contributed by atoms with Gasteiger partial charge in [0.2, 0.25) is 5.91 Å². The molecule has 0 saturated carbocycles. The van der Waals surface area contributed by atoms with Gasteiger partial charge in [0.1, 0.15) is 0 Å². The Kier molecular flexibility index (Phi) is 9.68. The molecule has 0 aliphatic carbocycles. The fourth-order valence-electron chi connectivity index (χ4n) is 4.42. The van der Waals surface area contributed by atoms with Gasteiger partial charge in [-0.05, 0) is 49.3 Å². The Morgan fingerprint density at radius 3 is 2.69 bits per heavy atom. The summed E-state index contributed by atoms with van der Waals surface area (Å²) >= 11 is 0. The first-order valence-electron chi connectivity index (χ1n) is 10.6. The van der Waals surface area contributed by atoms with Crippen molar-refractivity contribution in [1.82, 2.24) is 15.1 Å². The van der Waals surface area contributed by atoms with Gasteiger partial charge in [-0.25, -0.2) is 0 Å². The molecule has 6 nitrogen and oxygen atoms in total. The standard InChI is InChI=1S/C22H35N5O.HI/c1-17-6-4-11-27(14-17)22(24-2)25-13-18-7-3-8-19(12-18)15-26-10-5-9-20(16-26)21(23)28;/h3,7-8,12,17,20H,4-6,9-11,13-16H2,1-2H3,(H2,23,28)(H,24,25);1H. The van der Waals surface area contributed by atoms with Crippen LogP contribution in [0.4, 0.5) is 0 Å². The van der Waals surface area contributed by atoms with E-state index in [2.05, 4.69) is 51.3 Å². The quantitative estimate of drug-likeness (QED) is 0.361. The van der Waals surface area contributed by atoms with Crippen LogP contribution in [-0.4, -0.2) is 54.9 Å². The molecule has 0 bridgehead atoms. The van der Waals surface area contributed by atoms with Crippen molar-refractivity contribution in [2.24, 2.45) is 22.6 Å². The van der Waals surface area contributed by atoms with Crippen molar-refractivity contribution in [3.8, 4) is 0 Å². The van der Waals surface area contributed by atoms with Crippen LogP contribution in [0, 0.1) is 11.8 Å². The Hall–Kier alpha value is -1.35. The van der Waals surface area contributed by atoms with Crippen LogP contribution in [0.1, 0.15) is 43.7 Å². The van der Waals surface area contributed by atoms with Gasteiger partial charge in [-0.15, -0.1) is 24.0 Å². The first-order chi connectivity index (χ1) is 13.5. The van der Waals surface area contributed by atoms with Crippen molar-refractivity contribution in [1.29, 1.82) is 0 Å². The third-order valence-corrected chi connectivity index (χ3v) is 5.92. The largest absolute Gasteiger partial charge is 0.369 e. The lowest BCUT2D eigenvalue weighted by Crippen LogP contribution is -2.45. The number of carbonyl (C=O) groups excluding carboxylic acids is 1. The van der Waals surface area contributed by atoms with E-state index in [1.54, 1.807) is 0 Å². The lowest BCUT2D eigenvalue weighted by Gasteiger charge is -2.33. The van der Waals surface area contributed by atoms with Gasteiger partial charge in [0.25, 0.3) is 0 Å². The smallest absolute Gasteiger partial charge is 0.221 e. The van der Waals surface area contributed by atoms with E-state index < -0.39 is 0 Å². The summed E-state index contributed by atoms with van der Waals surface area (Å²) in [6.45, 7) is 7.93. The molecule has 0 aromatic heterocycles. The number of rotatable bonds is 5. The molecule has 162 valence electrons. The Morgan fingerprint density at radius 2 is 1.97 bits per heavy atom. The number of nitrogens with zero attached hydrogens (tertiary/aromatic N) is 3. The maximum Gasteiger partial charge on any atom is 0.221 e. The van der Waals surface area contributed by atoms with Crippen molar-refractivity contribution in [3.05, 3.63) is 35.4 Å². The number of benzene rings is 1. The summed E-state index contributed by atoms with van der Waals surface area (Å²) in [4.78, 5) is 20.7. The summed E-state index contributed by atoms with van der Waals surface area (Å²) in [7, 11) is 1.86. The Morgan fingerprint density at radius 1 is 1.21 bits per heavy atom. The summed E-state index contributed by atoms with van der Waals surface area (Å²) in [6, 6.07) is 8.70. The third-order valence-electron chi connectivity index (χ3n) is 5.92. The zero-order valence-electron chi connectivity index (χ0n) is 17.8. The van der Waals surface area contributed by atoms with Crippen LogP contribution in [0.25, 0.3) is 0 Å². The molecule has 29 heavy (non-hydrogen) atoms. The van der Waals surface area contributed by atoms with E-state index in [1.807, 2.05) is 7.05 Å². The topological polar surface area (TPSA) is 74.0 Å². The predicted molar refractivity (Wildman–Crippen MR) is 129 cm³/mol. The normalized spacial score (nSPS) is 23.4. The van der Waals surface area contributed by atoms with Crippen LogP contribution in [0.2, 0.25) is 0 Å². The number of likely N-dealkylation sites (tertiary alicyclic amines) is 2. The van der Waals surface area contributed by atoms with E-state index in [-0.39, 0.29) is 35.8 Å². The predicted octanol–water partition coefficient (Wildman–Crippen LogP) is 2.81. The molecule has 3 rings (SSSR count). The highest BCUT2D eigenvalue weighted by Crippen LogP contribution is 2.19. The second-order valence-corrected chi connectivity index (χ2v) is 8.39. The second-order valence-electron chi connectivity index (χ2n) is 8.39. The number of hydrogen-bond acceptors (Lipinski definition) is 3. The molecular weight excluding hydrogens is 477 g/mol. The molecule has 1 aromatic carbocycles. The summed E-state index contributed by atoms with van der Waals surface area (Å²) in [5.74, 6) is 1.55. The molecule has 7 heteroatoms. The third kappa shape index (κ3) is 7.13. The van der Waals surface area contributed by atoms with Gasteiger partial charge < -0.3 is 16.0 Å². The molecule has 2 fully saturated rings. The first-order valence-corrected chi connectivity index (χ1v) is 10.6. The molecule has 2 aliphatic rings. The first kappa shape index (κ1) is 23.9. The Bertz CT molecular complexity index is 696. The van der Waals surface area contributed by atoms with Gasteiger partial charge in [-0.1, -0.05) is 31.2 Å². The maximum absolute atomic E-state index is 11.5. The number of piperidine rings is 2. The summed E-state index contributed by atoms with van der Waals surface area (Å²) in [6.07, 6.45) is 4.51. The zero-order valence-corrected chi connectivity index (χ0v) is 20.1. The van der Waals surface area contributed by atoms with E-state index in [0.29, 0.717) is 0 Å². The molecule has 2 heterocycles. The number of aliphatic imine (C=N–C) groups is 1. The highest BCUT2D eigenvalue weighted by molar-refractivity contribution is 14.0. The number of halogens is 1. The average molecular weight is 513 g/mol. The molecular formula is C22H36IN5O. The van der Waals surface area contributed by atoms with Crippen molar-refractivity contribution in [2.75, 3.05) is 33.2 Å². The van der Waals surface area contributed by atoms with Gasteiger partial charge in [0, 0.05) is 39.8 Å². The SMILES string of the molecule is CN=C(NCc1cccc(CN2CCCC(C(N)=O)C2)c1)N1CCCC(C)C1.I. The highest BCUT2D eigenvalue weighted by atomic mass is 127. The van der Waals surface area contributed by atoms with Crippen molar-refractivity contribution >= 4 is 35.8 Å². The van der Waals surface area contributed by atoms with Gasteiger partial charge in [0.15, 0.2) is 5.96 Å². The van der Waals surface area contributed by atoms with Crippen LogP contribution in [-0.2, 0) is 17.9 Å². The molecule has 1 aromatic rings. The maximum atomic E-state index is 11.5. The molecule has 1 amide bonds. The fourth-order valence-corrected chi connectivity index (χ4v) is 4.42. The molecule has 0 spiro atoms. The second kappa shape index (κ2) is 11.7. The van der Waals surface area contributed by atoms with Gasteiger partial charge >= 0.3 is 0 Å². The van der Waals surface area contributed by atoms with Gasteiger partial charge in [-0.3, -0.25) is 14.7 Å². The lowest BCUT2D eigenvalue weighted by atomic mass is 9.97. The average Bonchev–Trinajstić information content (AvgIpc) is 2.69. The number of nitrogens with two attached hydrogens (primary N) is 1. The molecule has 2 unspecified atom stereocenters. The van der Waals surface area contributed by atoms with Gasteiger partial charge in [-0.2, -0.15) is 0 Å². The summed E-state index contributed by atoms with van der Waals surface area (Å²) < 4.78 is 0. The number of nitrogens with one attached hydrogen (secondary N) is 1. The van der Waals surface area contributed by atoms with E-state index in [4.69, 9.17) is 5.73 Å². The minimum absolute atomic E-state index is 0. The molecule has 2 atom stereocenters. The van der Waals surface area contributed by atoms with Crippen molar-refractivity contribution in [2.45, 2.75) is 45.7 Å². The van der Waals surface area contributed by atoms with Crippen molar-refractivity contribution < 1.29 is 4.79 Å². The van der Waals surface area contributed by atoms with E-state index >= 15 is 0 Å². The minimum Gasteiger partial charge on any atom is -0.369 e. The summed E-state index contributed by atoms with van der Waals surface area (Å²) in [5, 5.41) is 3.53. The van der Waals surface area contributed by atoms with Crippen molar-refractivity contribution in [3.63, 3.8) is 0 Å². The number of carbonyl (C=O) groups is 1. The molecule has 3 N–H and O–H groups in total. The van der Waals surface area contributed by atoms with Crippen LogP contribution in [0.15, 0.2) is 29.3 Å². The highest BCUT2D eigenvalue weighted by Gasteiger charge is 2.24. The Labute approximate surface area is 192 Å². The van der Waals surface area contributed by atoms with Crippen LogP contribution in [0.5, 0.6) is 0 Å².